The van der Waals surface area contributed by atoms with Crippen LogP contribution in [0.3, 0.4) is 0 Å². The Hall–Kier alpha value is -2.63. The molecule has 0 aliphatic carbocycles. The van der Waals surface area contributed by atoms with Gasteiger partial charge in [-0.3, -0.25) is 4.99 Å². The highest BCUT2D eigenvalue weighted by atomic mass is 16.5. The van der Waals surface area contributed by atoms with Gasteiger partial charge in [-0.25, -0.2) is 0 Å². The molecule has 1 unspecified atom stereocenters. The minimum atomic E-state index is 0.367. The lowest BCUT2D eigenvalue weighted by Gasteiger charge is -2.35. The van der Waals surface area contributed by atoms with E-state index in [1.807, 2.05) is 24.3 Å². The summed E-state index contributed by atoms with van der Waals surface area (Å²) in [6.07, 6.45) is 4.81. The molecule has 27 heavy (non-hydrogen) atoms. The van der Waals surface area contributed by atoms with E-state index in [0.717, 1.165) is 56.4 Å². The van der Waals surface area contributed by atoms with Gasteiger partial charge in [-0.2, -0.15) is 0 Å². The molecule has 3 rings (SSSR count). The fourth-order valence-corrected chi connectivity index (χ4v) is 3.38. The number of aliphatic imine (C=N–C) groups is 1. The highest BCUT2D eigenvalue weighted by Crippen LogP contribution is 2.24. The molecule has 0 spiro atoms. The third-order valence-corrected chi connectivity index (χ3v) is 4.73. The summed E-state index contributed by atoms with van der Waals surface area (Å²) in [7, 11) is 1.71. The summed E-state index contributed by atoms with van der Waals surface area (Å²) in [4.78, 5) is 7.12. The van der Waals surface area contributed by atoms with Gasteiger partial charge in [0.15, 0.2) is 5.96 Å². The van der Waals surface area contributed by atoms with E-state index in [4.69, 9.17) is 14.1 Å². The number of guanidine groups is 1. The van der Waals surface area contributed by atoms with Gasteiger partial charge >= 0.3 is 0 Å². The van der Waals surface area contributed by atoms with Crippen molar-refractivity contribution in [2.45, 2.75) is 32.2 Å². The Kier molecular flexibility index (Phi) is 7.02. The Morgan fingerprint density at radius 3 is 3.04 bits per heavy atom. The lowest BCUT2D eigenvalue weighted by Crippen LogP contribution is -2.51. The summed E-state index contributed by atoms with van der Waals surface area (Å²) >= 11 is 0. The van der Waals surface area contributed by atoms with Crippen molar-refractivity contribution >= 4 is 11.6 Å². The number of benzene rings is 1. The van der Waals surface area contributed by atoms with Crippen LogP contribution in [0.5, 0.6) is 5.75 Å². The number of hydrogen-bond acceptors (Lipinski definition) is 4. The molecule has 2 heterocycles. The summed E-state index contributed by atoms with van der Waals surface area (Å²) in [5, 5.41) is 6.95. The highest BCUT2D eigenvalue weighted by Gasteiger charge is 2.21. The van der Waals surface area contributed by atoms with Crippen molar-refractivity contribution in [1.82, 2.24) is 10.6 Å². The SMILES string of the molecule is CCNC(=NCCc1ccco1)NC1CCCN(c2cccc(OC)c2)C1. The molecular formula is C21H30N4O2. The molecule has 1 saturated heterocycles. The lowest BCUT2D eigenvalue weighted by atomic mass is 10.0. The van der Waals surface area contributed by atoms with Crippen LogP contribution < -0.4 is 20.3 Å². The van der Waals surface area contributed by atoms with E-state index in [9.17, 15) is 0 Å². The summed E-state index contributed by atoms with van der Waals surface area (Å²) in [5.41, 5.74) is 1.21. The van der Waals surface area contributed by atoms with Gasteiger partial charge in [-0.15, -0.1) is 0 Å². The minimum Gasteiger partial charge on any atom is -0.497 e. The fourth-order valence-electron chi connectivity index (χ4n) is 3.38. The van der Waals surface area contributed by atoms with Gasteiger partial charge in [-0.05, 0) is 44.0 Å². The first-order valence-electron chi connectivity index (χ1n) is 9.74. The van der Waals surface area contributed by atoms with Gasteiger partial charge in [-0.1, -0.05) is 6.07 Å². The predicted molar refractivity (Wildman–Crippen MR) is 110 cm³/mol. The second kappa shape index (κ2) is 9.90. The molecule has 1 atom stereocenters. The first-order chi connectivity index (χ1) is 13.3. The van der Waals surface area contributed by atoms with Gasteiger partial charge in [0.25, 0.3) is 0 Å². The fraction of sp³-hybridized carbons (Fsp3) is 0.476. The first kappa shape index (κ1) is 19.1. The Morgan fingerprint density at radius 1 is 1.33 bits per heavy atom. The van der Waals surface area contributed by atoms with Gasteiger partial charge < -0.3 is 24.7 Å². The molecule has 1 aliphatic heterocycles. The van der Waals surface area contributed by atoms with E-state index in [-0.39, 0.29) is 0 Å². The van der Waals surface area contributed by atoms with Crippen LogP contribution in [0.4, 0.5) is 5.69 Å². The van der Waals surface area contributed by atoms with Crippen LogP contribution in [-0.2, 0) is 6.42 Å². The molecule has 1 aliphatic rings. The number of rotatable bonds is 7. The zero-order chi connectivity index (χ0) is 18.9. The summed E-state index contributed by atoms with van der Waals surface area (Å²) < 4.78 is 10.7. The predicted octanol–water partition coefficient (Wildman–Crippen LogP) is 3.05. The molecule has 0 amide bonds. The van der Waals surface area contributed by atoms with Gasteiger partial charge in [0.1, 0.15) is 11.5 Å². The van der Waals surface area contributed by atoms with E-state index < -0.39 is 0 Å². The molecule has 6 heteroatoms. The van der Waals surface area contributed by atoms with E-state index in [2.05, 4.69) is 34.6 Å². The maximum absolute atomic E-state index is 5.38. The third-order valence-electron chi connectivity index (χ3n) is 4.73. The van der Waals surface area contributed by atoms with Crippen LogP contribution in [0, 0.1) is 0 Å². The first-order valence-corrected chi connectivity index (χ1v) is 9.74. The van der Waals surface area contributed by atoms with E-state index in [1.54, 1.807) is 13.4 Å². The molecule has 1 aromatic carbocycles. The van der Waals surface area contributed by atoms with Crippen molar-refractivity contribution in [2.75, 3.05) is 38.2 Å². The molecule has 0 bridgehead atoms. The van der Waals surface area contributed by atoms with Crippen molar-refractivity contribution < 1.29 is 9.15 Å². The monoisotopic (exact) mass is 370 g/mol. The molecule has 1 fully saturated rings. The van der Waals surface area contributed by atoms with E-state index in [1.165, 1.54) is 5.69 Å². The maximum Gasteiger partial charge on any atom is 0.191 e. The van der Waals surface area contributed by atoms with Crippen molar-refractivity contribution in [3.8, 4) is 5.75 Å². The Morgan fingerprint density at radius 2 is 2.26 bits per heavy atom. The number of anilines is 1. The largest absolute Gasteiger partial charge is 0.497 e. The van der Waals surface area contributed by atoms with Crippen LogP contribution in [0.15, 0.2) is 52.1 Å². The van der Waals surface area contributed by atoms with Crippen molar-refractivity contribution in [3.63, 3.8) is 0 Å². The number of furan rings is 1. The number of nitrogens with one attached hydrogen (secondary N) is 2. The number of hydrogen-bond donors (Lipinski definition) is 2. The van der Waals surface area contributed by atoms with Crippen LogP contribution in [-0.4, -0.2) is 45.3 Å². The molecule has 2 N–H and O–H groups in total. The van der Waals surface area contributed by atoms with E-state index >= 15 is 0 Å². The molecular weight excluding hydrogens is 340 g/mol. The smallest absolute Gasteiger partial charge is 0.191 e. The quantitative estimate of drug-likeness (QED) is 0.579. The second-order valence-corrected chi connectivity index (χ2v) is 6.72. The maximum atomic E-state index is 5.38. The highest BCUT2D eigenvalue weighted by molar-refractivity contribution is 5.80. The summed E-state index contributed by atoms with van der Waals surface area (Å²) in [6.45, 7) is 5.66. The van der Waals surface area contributed by atoms with Gasteiger partial charge in [0, 0.05) is 50.4 Å². The average Bonchev–Trinajstić information content (AvgIpc) is 3.22. The van der Waals surface area contributed by atoms with Gasteiger partial charge in [0.05, 0.1) is 13.4 Å². The zero-order valence-corrected chi connectivity index (χ0v) is 16.3. The Bertz CT molecular complexity index is 715. The topological polar surface area (TPSA) is 62.0 Å². The number of ether oxygens (including phenoxy) is 1. The second-order valence-electron chi connectivity index (χ2n) is 6.72. The molecule has 6 nitrogen and oxygen atoms in total. The molecule has 0 radical (unpaired) electrons. The summed E-state index contributed by atoms with van der Waals surface area (Å²) in [5.74, 6) is 2.74. The number of piperidine rings is 1. The van der Waals surface area contributed by atoms with Crippen LogP contribution in [0.2, 0.25) is 0 Å². The minimum absolute atomic E-state index is 0.367. The number of methoxy groups -OCH3 is 1. The van der Waals surface area contributed by atoms with Crippen molar-refractivity contribution in [3.05, 3.63) is 48.4 Å². The van der Waals surface area contributed by atoms with Crippen molar-refractivity contribution in [2.24, 2.45) is 4.99 Å². The Balaban J connectivity index is 1.58. The van der Waals surface area contributed by atoms with Crippen LogP contribution in [0.1, 0.15) is 25.5 Å². The zero-order valence-electron chi connectivity index (χ0n) is 16.3. The van der Waals surface area contributed by atoms with Crippen molar-refractivity contribution in [1.29, 1.82) is 0 Å². The van der Waals surface area contributed by atoms with Crippen LogP contribution >= 0.6 is 0 Å². The average molecular weight is 370 g/mol. The molecule has 0 saturated carbocycles. The third kappa shape index (κ3) is 5.67. The molecule has 146 valence electrons. The molecule has 2 aromatic rings. The van der Waals surface area contributed by atoms with Gasteiger partial charge in [0.2, 0.25) is 0 Å². The van der Waals surface area contributed by atoms with E-state index in [0.29, 0.717) is 12.6 Å². The standard InChI is InChI=1S/C21H30N4O2/c1-3-22-21(23-12-11-19-10-6-14-27-19)24-17-7-5-13-25(16-17)18-8-4-9-20(15-18)26-2/h4,6,8-10,14-15,17H,3,5,7,11-13,16H2,1-2H3,(H2,22,23,24). The molecule has 1 aromatic heterocycles. The summed E-state index contributed by atoms with van der Waals surface area (Å²) in [6, 6.07) is 12.6. The Labute approximate surface area is 161 Å². The normalized spacial score (nSPS) is 17.6. The lowest BCUT2D eigenvalue weighted by molar-refractivity contribution is 0.414. The van der Waals surface area contributed by atoms with Crippen LogP contribution in [0.25, 0.3) is 0 Å². The number of nitrogens with zero attached hydrogens (tertiary/aromatic N) is 2.